The van der Waals surface area contributed by atoms with E-state index in [1.54, 1.807) is 36.4 Å². The van der Waals surface area contributed by atoms with Crippen LogP contribution in [0, 0.1) is 0 Å². The van der Waals surface area contributed by atoms with Crippen molar-refractivity contribution < 1.29 is 41.5 Å². The summed E-state index contributed by atoms with van der Waals surface area (Å²) in [6.07, 6.45) is -6.36. The van der Waals surface area contributed by atoms with E-state index in [0.29, 0.717) is 0 Å². The number of hydrogen-bond donors (Lipinski definition) is 1. The molecule has 2 aromatic rings. The number of rotatable bonds is 7. The molecule has 3 rings (SSSR count). The molecule has 9 nitrogen and oxygen atoms in total. The van der Waals surface area contributed by atoms with E-state index < -0.39 is 52.8 Å². The minimum atomic E-state index is -4.04. The summed E-state index contributed by atoms with van der Waals surface area (Å²) < 4.78 is 45.2. The Kier molecular flexibility index (Phi) is 8.01. The fourth-order valence-electron chi connectivity index (χ4n) is 3.13. The second-order valence-corrected chi connectivity index (χ2v) is 9.20. The number of esters is 2. The molecule has 0 bridgehead atoms. The number of alkyl halides is 1. The van der Waals surface area contributed by atoms with Gasteiger partial charge in [0.2, 0.25) is 0 Å². The van der Waals surface area contributed by atoms with Crippen molar-refractivity contribution in [2.24, 2.45) is 0 Å². The first-order chi connectivity index (χ1) is 15.2. The van der Waals surface area contributed by atoms with Gasteiger partial charge in [-0.2, -0.15) is 8.42 Å². The number of carbonyl (C=O) groups is 2. The highest BCUT2D eigenvalue weighted by Gasteiger charge is 2.51. The molecule has 1 heterocycles. The topological polar surface area (TPSA) is 125 Å². The van der Waals surface area contributed by atoms with Crippen LogP contribution in [-0.2, 0) is 28.5 Å². The van der Waals surface area contributed by atoms with E-state index in [4.69, 9.17) is 18.4 Å². The van der Waals surface area contributed by atoms with E-state index in [2.05, 4.69) is 15.9 Å². The number of aliphatic hydroxyl groups excluding tert-OH is 1. The quantitative estimate of drug-likeness (QED) is 0.325. The molecule has 0 spiro atoms. The van der Waals surface area contributed by atoms with Gasteiger partial charge in [0.25, 0.3) is 10.1 Å². The van der Waals surface area contributed by atoms with E-state index >= 15 is 0 Å². The number of benzene rings is 2. The van der Waals surface area contributed by atoms with Crippen LogP contribution in [0.15, 0.2) is 60.7 Å². The molecule has 0 unspecified atom stereocenters. The van der Waals surface area contributed by atoms with Crippen LogP contribution in [-0.4, -0.2) is 67.8 Å². The molecule has 0 saturated carbocycles. The van der Waals surface area contributed by atoms with Crippen molar-refractivity contribution in [1.82, 2.24) is 0 Å². The van der Waals surface area contributed by atoms with E-state index in [1.165, 1.54) is 24.3 Å². The second kappa shape index (κ2) is 10.5. The maximum Gasteiger partial charge on any atom is 0.338 e. The van der Waals surface area contributed by atoms with E-state index in [0.717, 1.165) is 6.26 Å². The van der Waals surface area contributed by atoms with Gasteiger partial charge in [0.1, 0.15) is 12.2 Å². The van der Waals surface area contributed by atoms with Gasteiger partial charge in [0, 0.05) is 5.33 Å². The second-order valence-electron chi connectivity index (χ2n) is 6.96. The Morgan fingerprint density at radius 3 is 1.81 bits per heavy atom. The highest BCUT2D eigenvalue weighted by molar-refractivity contribution is 9.09. The summed E-state index contributed by atoms with van der Waals surface area (Å²) in [5.41, 5.74) is 0.353. The third-order valence-electron chi connectivity index (χ3n) is 4.55. The molecule has 11 heteroatoms. The summed E-state index contributed by atoms with van der Waals surface area (Å²) in [6.45, 7) is 0. The monoisotopic (exact) mass is 528 g/mol. The lowest BCUT2D eigenvalue weighted by Gasteiger charge is -2.42. The summed E-state index contributed by atoms with van der Waals surface area (Å²) in [5.74, 6) is -1.64. The molecule has 0 aromatic heterocycles. The van der Waals surface area contributed by atoms with Gasteiger partial charge < -0.3 is 19.3 Å². The van der Waals surface area contributed by atoms with Crippen molar-refractivity contribution in [2.45, 2.75) is 30.7 Å². The van der Waals surface area contributed by atoms with Gasteiger partial charge in [-0.3, -0.25) is 4.18 Å². The zero-order chi connectivity index (χ0) is 23.3. The lowest BCUT2D eigenvalue weighted by atomic mass is 9.99. The first-order valence-electron chi connectivity index (χ1n) is 9.49. The third-order valence-corrected chi connectivity index (χ3v) is 5.76. The predicted octanol–water partition coefficient (Wildman–Crippen LogP) is 1.89. The zero-order valence-electron chi connectivity index (χ0n) is 16.9. The average molecular weight is 529 g/mol. The van der Waals surface area contributed by atoms with Crippen LogP contribution in [0.3, 0.4) is 0 Å². The zero-order valence-corrected chi connectivity index (χ0v) is 19.3. The molecule has 0 aliphatic carbocycles. The standard InChI is InChI=1S/C21H21BrO9S/c1-32(26,27)31-16-15(12-22)28-21(25)18(30-20(24)14-10-6-3-7-11-14)17(16)29-19(23)13-8-4-2-5-9-13/h2-11,15-18,21,25H,12H2,1H3/t15-,16-,17+,18-,21+/m1/s1. The Bertz CT molecular complexity index is 1030. The van der Waals surface area contributed by atoms with E-state index in [-0.39, 0.29) is 16.5 Å². The molecular formula is C21H21BrO9S. The summed E-state index contributed by atoms with van der Waals surface area (Å²) >= 11 is 3.17. The van der Waals surface area contributed by atoms with E-state index in [9.17, 15) is 23.1 Å². The Balaban J connectivity index is 1.95. The van der Waals surface area contributed by atoms with Gasteiger partial charge in [-0.1, -0.05) is 52.3 Å². The van der Waals surface area contributed by atoms with Crippen molar-refractivity contribution in [3.63, 3.8) is 0 Å². The predicted molar refractivity (Wildman–Crippen MR) is 116 cm³/mol. The van der Waals surface area contributed by atoms with Crippen LogP contribution < -0.4 is 0 Å². The van der Waals surface area contributed by atoms with Crippen molar-refractivity contribution in [3.05, 3.63) is 71.8 Å². The maximum atomic E-state index is 12.7. The largest absolute Gasteiger partial charge is 0.452 e. The lowest BCUT2D eigenvalue weighted by Crippen LogP contribution is -2.61. The highest BCUT2D eigenvalue weighted by Crippen LogP contribution is 2.30. The van der Waals surface area contributed by atoms with Crippen LogP contribution in [0.4, 0.5) is 0 Å². The number of ether oxygens (including phenoxy) is 3. The Morgan fingerprint density at radius 1 is 0.906 bits per heavy atom. The van der Waals surface area contributed by atoms with Gasteiger partial charge in [0.15, 0.2) is 18.5 Å². The Morgan fingerprint density at radius 2 is 1.38 bits per heavy atom. The molecule has 2 aromatic carbocycles. The van der Waals surface area contributed by atoms with Gasteiger partial charge in [-0.15, -0.1) is 0 Å². The van der Waals surface area contributed by atoms with Crippen molar-refractivity contribution >= 4 is 38.0 Å². The number of carbonyl (C=O) groups excluding carboxylic acids is 2. The lowest BCUT2D eigenvalue weighted by molar-refractivity contribution is -0.269. The summed E-state index contributed by atoms with van der Waals surface area (Å²) in [6, 6.07) is 15.9. The molecule has 1 saturated heterocycles. The summed E-state index contributed by atoms with van der Waals surface area (Å²) in [7, 11) is -4.04. The normalized spacial score (nSPS) is 25.7. The first-order valence-corrected chi connectivity index (χ1v) is 12.4. The highest BCUT2D eigenvalue weighted by atomic mass is 79.9. The van der Waals surface area contributed by atoms with Gasteiger partial charge in [-0.25, -0.2) is 9.59 Å². The summed E-state index contributed by atoms with van der Waals surface area (Å²) in [4.78, 5) is 25.3. The van der Waals surface area contributed by atoms with Crippen molar-refractivity contribution in [2.75, 3.05) is 11.6 Å². The molecule has 0 amide bonds. The average Bonchev–Trinajstić information content (AvgIpc) is 2.77. The minimum Gasteiger partial charge on any atom is -0.452 e. The van der Waals surface area contributed by atoms with Gasteiger partial charge in [0.05, 0.1) is 17.4 Å². The number of aliphatic hydroxyl groups is 1. The first kappa shape index (κ1) is 24.3. The van der Waals surface area contributed by atoms with Gasteiger partial charge in [-0.05, 0) is 24.3 Å². The smallest absolute Gasteiger partial charge is 0.338 e. The molecule has 5 atom stereocenters. The third kappa shape index (κ3) is 6.14. The molecule has 1 N–H and O–H groups in total. The molecule has 1 fully saturated rings. The van der Waals surface area contributed by atoms with Crippen LogP contribution >= 0.6 is 15.9 Å². The van der Waals surface area contributed by atoms with Crippen LogP contribution in [0.5, 0.6) is 0 Å². The van der Waals surface area contributed by atoms with Crippen LogP contribution in [0.1, 0.15) is 20.7 Å². The number of halogens is 1. The number of hydrogen-bond acceptors (Lipinski definition) is 9. The SMILES string of the molecule is CS(=O)(=O)O[C@H]1[C@H](OC(=O)c2ccccc2)[C@@H](OC(=O)c2ccccc2)[C@@H](O)O[C@@H]1CBr. The van der Waals surface area contributed by atoms with Crippen molar-refractivity contribution in [3.8, 4) is 0 Å². The fourth-order valence-corrected chi connectivity index (χ4v) is 4.29. The fraction of sp³-hybridized carbons (Fsp3) is 0.333. The maximum absolute atomic E-state index is 12.7. The molecule has 1 aliphatic heterocycles. The van der Waals surface area contributed by atoms with Crippen LogP contribution in [0.2, 0.25) is 0 Å². The Hall–Kier alpha value is -2.31. The van der Waals surface area contributed by atoms with Crippen LogP contribution in [0.25, 0.3) is 0 Å². The molecule has 1 aliphatic rings. The molecular weight excluding hydrogens is 508 g/mol. The molecule has 0 radical (unpaired) electrons. The van der Waals surface area contributed by atoms with Crippen molar-refractivity contribution in [1.29, 1.82) is 0 Å². The molecule has 32 heavy (non-hydrogen) atoms. The summed E-state index contributed by atoms with van der Waals surface area (Å²) in [5, 5.41) is 10.6. The minimum absolute atomic E-state index is 0.0446. The molecule has 172 valence electrons. The van der Waals surface area contributed by atoms with Gasteiger partial charge >= 0.3 is 11.9 Å². The van der Waals surface area contributed by atoms with E-state index in [1.807, 2.05) is 0 Å². The Labute approximate surface area is 193 Å².